The van der Waals surface area contributed by atoms with Gasteiger partial charge in [-0.05, 0) is 46.9 Å². The Balaban J connectivity index is 2.14. The van der Waals surface area contributed by atoms with Crippen molar-refractivity contribution in [2.75, 3.05) is 5.73 Å². The smallest absolute Gasteiger partial charge is 0.180 e. The molecule has 0 unspecified atom stereocenters. The summed E-state index contributed by atoms with van der Waals surface area (Å²) in [7, 11) is 0. The van der Waals surface area contributed by atoms with Crippen molar-refractivity contribution in [3.8, 4) is 11.4 Å². The number of nitrogens with zero attached hydrogens (tertiary/aromatic N) is 2. The lowest BCUT2D eigenvalue weighted by molar-refractivity contribution is 1.30. The maximum atomic E-state index is 5.63. The Morgan fingerprint density at radius 3 is 2.53 bits per heavy atom. The highest BCUT2D eigenvalue weighted by Crippen LogP contribution is 2.20. The van der Waals surface area contributed by atoms with Crippen molar-refractivity contribution in [2.24, 2.45) is 0 Å². The van der Waals surface area contributed by atoms with Crippen LogP contribution in [0.4, 0.5) is 5.82 Å². The second kappa shape index (κ2) is 3.99. The number of hydrogen-bond donors (Lipinski definition) is 2. The van der Waals surface area contributed by atoms with Gasteiger partial charge in [-0.3, -0.25) is 0 Å². The average molecular weight is 336 g/mol. The van der Waals surface area contributed by atoms with Crippen LogP contribution >= 0.6 is 22.6 Å². The van der Waals surface area contributed by atoms with Gasteiger partial charge in [0, 0.05) is 9.13 Å². The highest BCUT2D eigenvalue weighted by molar-refractivity contribution is 14.1. The molecule has 0 fully saturated rings. The number of benzene rings is 1. The molecule has 3 N–H and O–H groups in total. The van der Waals surface area contributed by atoms with E-state index in [1.54, 1.807) is 6.07 Å². The molecular formula is C12H9IN4. The van der Waals surface area contributed by atoms with Gasteiger partial charge < -0.3 is 10.7 Å². The molecule has 0 saturated heterocycles. The molecule has 17 heavy (non-hydrogen) atoms. The molecule has 2 aromatic heterocycles. The topological polar surface area (TPSA) is 67.6 Å². The number of imidazole rings is 1. The normalized spacial score (nSPS) is 10.9. The van der Waals surface area contributed by atoms with Gasteiger partial charge >= 0.3 is 0 Å². The van der Waals surface area contributed by atoms with Crippen molar-refractivity contribution in [3.05, 3.63) is 40.0 Å². The van der Waals surface area contributed by atoms with E-state index in [-0.39, 0.29) is 0 Å². The monoisotopic (exact) mass is 336 g/mol. The number of nitrogen functional groups attached to an aromatic ring is 1. The van der Waals surface area contributed by atoms with Gasteiger partial charge in [0.15, 0.2) is 5.65 Å². The molecule has 4 nitrogen and oxygen atoms in total. The van der Waals surface area contributed by atoms with Crippen molar-refractivity contribution in [3.63, 3.8) is 0 Å². The van der Waals surface area contributed by atoms with Crippen LogP contribution in [0.25, 0.3) is 22.6 Å². The molecule has 0 aliphatic heterocycles. The second-order valence-corrected chi connectivity index (χ2v) is 4.95. The number of nitrogens with one attached hydrogen (secondary N) is 1. The Morgan fingerprint density at radius 2 is 1.76 bits per heavy atom. The largest absolute Gasteiger partial charge is 0.384 e. The third kappa shape index (κ3) is 1.97. The van der Waals surface area contributed by atoms with Crippen LogP contribution in [-0.4, -0.2) is 15.0 Å². The number of aromatic nitrogens is 3. The van der Waals surface area contributed by atoms with Gasteiger partial charge in [-0.1, -0.05) is 12.1 Å². The van der Waals surface area contributed by atoms with E-state index in [1.165, 1.54) is 3.57 Å². The SMILES string of the molecule is Nc1ccc2[nH]c(-c3ccc(I)cc3)nc2n1. The molecule has 0 atom stereocenters. The maximum Gasteiger partial charge on any atom is 0.180 e. The standard InChI is InChI=1S/C12H9IN4/c13-8-3-1-7(2-4-8)11-15-9-5-6-10(14)16-12(9)17-11/h1-6H,(H3,14,15,16,17). The minimum absolute atomic E-state index is 0.484. The maximum absolute atomic E-state index is 5.63. The lowest BCUT2D eigenvalue weighted by Gasteiger charge is -1.95. The minimum Gasteiger partial charge on any atom is -0.384 e. The molecule has 3 rings (SSSR count). The van der Waals surface area contributed by atoms with Crippen molar-refractivity contribution in [2.45, 2.75) is 0 Å². The van der Waals surface area contributed by atoms with Crippen LogP contribution in [0.3, 0.4) is 0 Å². The van der Waals surface area contributed by atoms with Crippen molar-refractivity contribution in [1.29, 1.82) is 0 Å². The van der Waals surface area contributed by atoms with E-state index in [2.05, 4.69) is 37.5 Å². The summed E-state index contributed by atoms with van der Waals surface area (Å²) in [5.74, 6) is 1.30. The molecule has 0 aliphatic rings. The molecule has 0 spiro atoms. The first-order chi connectivity index (χ1) is 8.22. The lowest BCUT2D eigenvalue weighted by Crippen LogP contribution is -1.88. The highest BCUT2D eigenvalue weighted by atomic mass is 127. The number of halogens is 1. The van der Waals surface area contributed by atoms with Gasteiger partial charge in [0.05, 0.1) is 5.52 Å². The molecule has 0 amide bonds. The number of rotatable bonds is 1. The summed E-state index contributed by atoms with van der Waals surface area (Å²) in [6.07, 6.45) is 0. The van der Waals surface area contributed by atoms with Crippen LogP contribution in [0.2, 0.25) is 0 Å². The van der Waals surface area contributed by atoms with E-state index in [4.69, 9.17) is 5.73 Å². The average Bonchev–Trinajstić information content (AvgIpc) is 2.72. The lowest BCUT2D eigenvalue weighted by atomic mass is 10.2. The van der Waals surface area contributed by atoms with Gasteiger partial charge in [-0.2, -0.15) is 0 Å². The van der Waals surface area contributed by atoms with Gasteiger partial charge in [0.25, 0.3) is 0 Å². The van der Waals surface area contributed by atoms with Crippen LogP contribution in [0.1, 0.15) is 0 Å². The number of H-pyrrole nitrogens is 1. The molecular weight excluding hydrogens is 327 g/mol. The number of nitrogens with two attached hydrogens (primary N) is 1. The summed E-state index contributed by atoms with van der Waals surface area (Å²) in [6, 6.07) is 11.8. The summed E-state index contributed by atoms with van der Waals surface area (Å²) in [4.78, 5) is 11.8. The molecule has 0 bridgehead atoms. The Morgan fingerprint density at radius 1 is 1.00 bits per heavy atom. The molecule has 0 aliphatic carbocycles. The van der Waals surface area contributed by atoms with E-state index in [0.29, 0.717) is 11.5 Å². The first-order valence-electron chi connectivity index (χ1n) is 5.10. The number of fused-ring (bicyclic) bond motifs is 1. The Hall–Kier alpha value is -1.63. The zero-order valence-electron chi connectivity index (χ0n) is 8.81. The fourth-order valence-electron chi connectivity index (χ4n) is 1.65. The fourth-order valence-corrected chi connectivity index (χ4v) is 2.01. The molecule has 0 radical (unpaired) electrons. The van der Waals surface area contributed by atoms with E-state index in [9.17, 15) is 0 Å². The Bertz CT molecular complexity index is 673. The first-order valence-corrected chi connectivity index (χ1v) is 6.18. The highest BCUT2D eigenvalue weighted by Gasteiger charge is 2.06. The fraction of sp³-hybridized carbons (Fsp3) is 0. The third-order valence-electron chi connectivity index (χ3n) is 2.49. The Labute approximate surface area is 111 Å². The third-order valence-corrected chi connectivity index (χ3v) is 3.20. The van der Waals surface area contributed by atoms with Gasteiger partial charge in [0.2, 0.25) is 0 Å². The number of aromatic amines is 1. The van der Waals surface area contributed by atoms with Crippen molar-refractivity contribution in [1.82, 2.24) is 15.0 Å². The summed E-state index contributed by atoms with van der Waals surface area (Å²) >= 11 is 2.27. The molecule has 1 aromatic carbocycles. The van der Waals surface area contributed by atoms with E-state index >= 15 is 0 Å². The Kier molecular flexibility index (Phi) is 2.47. The second-order valence-electron chi connectivity index (χ2n) is 3.70. The molecule has 2 heterocycles. The number of hydrogen-bond acceptors (Lipinski definition) is 3. The summed E-state index contributed by atoms with van der Waals surface area (Å²) in [5, 5.41) is 0. The van der Waals surface area contributed by atoms with Crippen LogP contribution in [-0.2, 0) is 0 Å². The van der Waals surface area contributed by atoms with Crippen LogP contribution in [0.15, 0.2) is 36.4 Å². The predicted octanol–water partition coefficient (Wildman–Crippen LogP) is 2.81. The van der Waals surface area contributed by atoms with E-state index in [0.717, 1.165) is 16.9 Å². The number of pyridine rings is 1. The van der Waals surface area contributed by atoms with Crippen molar-refractivity contribution < 1.29 is 0 Å². The summed E-state index contributed by atoms with van der Waals surface area (Å²) in [6.45, 7) is 0. The van der Waals surface area contributed by atoms with Gasteiger partial charge in [0.1, 0.15) is 11.6 Å². The van der Waals surface area contributed by atoms with Crippen molar-refractivity contribution >= 4 is 39.6 Å². The zero-order chi connectivity index (χ0) is 11.8. The summed E-state index contributed by atoms with van der Waals surface area (Å²) < 4.78 is 1.20. The molecule has 84 valence electrons. The van der Waals surface area contributed by atoms with Crippen LogP contribution < -0.4 is 5.73 Å². The first kappa shape index (κ1) is 10.5. The van der Waals surface area contributed by atoms with Crippen LogP contribution in [0, 0.1) is 3.57 Å². The molecule has 5 heteroatoms. The van der Waals surface area contributed by atoms with Gasteiger partial charge in [-0.15, -0.1) is 0 Å². The van der Waals surface area contributed by atoms with Gasteiger partial charge in [-0.25, -0.2) is 9.97 Å². The zero-order valence-corrected chi connectivity index (χ0v) is 11.0. The quantitative estimate of drug-likeness (QED) is 0.672. The molecule has 0 saturated carbocycles. The van der Waals surface area contributed by atoms with E-state index in [1.807, 2.05) is 30.3 Å². The van der Waals surface area contributed by atoms with E-state index < -0.39 is 0 Å². The van der Waals surface area contributed by atoms with Crippen LogP contribution in [0.5, 0.6) is 0 Å². The predicted molar refractivity (Wildman–Crippen MR) is 76.5 cm³/mol. The number of anilines is 1. The molecule has 3 aromatic rings. The minimum atomic E-state index is 0.484. The summed E-state index contributed by atoms with van der Waals surface area (Å²) in [5.41, 5.74) is 8.22.